The summed E-state index contributed by atoms with van der Waals surface area (Å²) >= 11 is 0. The van der Waals surface area contributed by atoms with Gasteiger partial charge in [0.25, 0.3) is 0 Å². The molecule has 22 heavy (non-hydrogen) atoms. The zero-order chi connectivity index (χ0) is 16.0. The van der Waals surface area contributed by atoms with E-state index < -0.39 is 5.60 Å². The van der Waals surface area contributed by atoms with Crippen LogP contribution in [0.1, 0.15) is 65.7 Å². The number of amides is 1. The van der Waals surface area contributed by atoms with Gasteiger partial charge in [-0.1, -0.05) is 19.3 Å². The number of carbonyl (C=O) groups excluding carboxylic acids is 1. The zero-order valence-corrected chi connectivity index (χ0v) is 14.7. The topological polar surface area (TPSA) is 41.6 Å². The summed E-state index contributed by atoms with van der Waals surface area (Å²) in [4.78, 5) is 14.1. The Bertz CT molecular complexity index is 345. The molecule has 128 valence electrons. The molecule has 1 atom stereocenters. The molecular weight excluding hydrogens is 276 g/mol. The van der Waals surface area contributed by atoms with Crippen molar-refractivity contribution in [3.05, 3.63) is 0 Å². The fourth-order valence-electron chi connectivity index (χ4n) is 3.61. The lowest BCUT2D eigenvalue weighted by molar-refractivity contribution is 0.0166. The maximum atomic E-state index is 12.2. The molecule has 1 aliphatic heterocycles. The molecule has 0 aromatic heterocycles. The van der Waals surface area contributed by atoms with Gasteiger partial charge >= 0.3 is 6.09 Å². The highest BCUT2D eigenvalue weighted by Crippen LogP contribution is 2.23. The summed E-state index contributed by atoms with van der Waals surface area (Å²) in [5.74, 6) is 1.45. The SMILES string of the molecule is CC(C)(C)OC(=O)N1CCCC(CNCC2CCCCC2)C1. The fraction of sp³-hybridized carbons (Fsp3) is 0.944. The molecule has 1 aliphatic carbocycles. The van der Waals surface area contributed by atoms with E-state index in [-0.39, 0.29) is 6.09 Å². The van der Waals surface area contributed by atoms with Crippen molar-refractivity contribution in [2.24, 2.45) is 11.8 Å². The lowest BCUT2D eigenvalue weighted by Gasteiger charge is -2.34. The number of likely N-dealkylation sites (tertiary alicyclic amines) is 1. The highest BCUT2D eigenvalue weighted by molar-refractivity contribution is 5.68. The minimum Gasteiger partial charge on any atom is -0.444 e. The number of piperidine rings is 1. The summed E-state index contributed by atoms with van der Waals surface area (Å²) in [6.45, 7) is 9.66. The van der Waals surface area contributed by atoms with Crippen LogP contribution in [0, 0.1) is 11.8 Å². The maximum Gasteiger partial charge on any atom is 0.410 e. The maximum absolute atomic E-state index is 12.2. The Labute approximate surface area is 136 Å². The van der Waals surface area contributed by atoms with Crippen LogP contribution in [0.2, 0.25) is 0 Å². The second-order valence-electron chi connectivity index (χ2n) is 8.10. The number of hydrogen-bond acceptors (Lipinski definition) is 3. The van der Waals surface area contributed by atoms with Crippen molar-refractivity contribution < 1.29 is 9.53 Å². The van der Waals surface area contributed by atoms with Crippen LogP contribution in [0.25, 0.3) is 0 Å². The zero-order valence-electron chi connectivity index (χ0n) is 14.7. The van der Waals surface area contributed by atoms with Crippen LogP contribution in [0.15, 0.2) is 0 Å². The molecule has 2 rings (SSSR count). The number of carbonyl (C=O) groups is 1. The van der Waals surface area contributed by atoms with Crippen molar-refractivity contribution in [1.29, 1.82) is 0 Å². The Morgan fingerprint density at radius 3 is 2.36 bits per heavy atom. The van der Waals surface area contributed by atoms with E-state index in [2.05, 4.69) is 5.32 Å². The van der Waals surface area contributed by atoms with Crippen molar-refractivity contribution in [3.63, 3.8) is 0 Å². The van der Waals surface area contributed by atoms with Crippen LogP contribution in [0.4, 0.5) is 4.79 Å². The van der Waals surface area contributed by atoms with E-state index in [1.807, 2.05) is 25.7 Å². The minimum absolute atomic E-state index is 0.149. The third kappa shape index (κ3) is 6.15. The third-order valence-electron chi connectivity index (χ3n) is 4.76. The van der Waals surface area contributed by atoms with Crippen LogP contribution in [0.5, 0.6) is 0 Å². The summed E-state index contributed by atoms with van der Waals surface area (Å²) in [7, 11) is 0. The summed E-state index contributed by atoms with van der Waals surface area (Å²) in [6.07, 6.45) is 9.17. The predicted molar refractivity (Wildman–Crippen MR) is 90.0 cm³/mol. The number of rotatable bonds is 4. The highest BCUT2D eigenvalue weighted by atomic mass is 16.6. The van der Waals surface area contributed by atoms with Crippen molar-refractivity contribution in [1.82, 2.24) is 10.2 Å². The average Bonchev–Trinajstić information content (AvgIpc) is 2.47. The first-order chi connectivity index (χ1) is 10.4. The van der Waals surface area contributed by atoms with Gasteiger partial charge in [0.1, 0.15) is 5.60 Å². The quantitative estimate of drug-likeness (QED) is 0.858. The highest BCUT2D eigenvalue weighted by Gasteiger charge is 2.27. The van der Waals surface area contributed by atoms with E-state index in [0.717, 1.165) is 38.5 Å². The van der Waals surface area contributed by atoms with E-state index in [1.54, 1.807) is 0 Å². The summed E-state index contributed by atoms with van der Waals surface area (Å²) in [5.41, 5.74) is -0.400. The van der Waals surface area contributed by atoms with Gasteiger partial charge in [0.15, 0.2) is 0 Å². The second kappa shape index (κ2) is 8.19. The van der Waals surface area contributed by atoms with Crippen LogP contribution in [-0.2, 0) is 4.74 Å². The molecule has 4 heteroatoms. The Balaban J connectivity index is 1.67. The first-order valence-corrected chi connectivity index (χ1v) is 9.13. The minimum atomic E-state index is -0.400. The molecule has 1 amide bonds. The van der Waals surface area contributed by atoms with E-state index in [1.165, 1.54) is 38.5 Å². The molecule has 0 radical (unpaired) electrons. The Morgan fingerprint density at radius 1 is 1.05 bits per heavy atom. The van der Waals surface area contributed by atoms with Crippen molar-refractivity contribution >= 4 is 6.09 Å². The number of nitrogens with one attached hydrogen (secondary N) is 1. The van der Waals surface area contributed by atoms with Gasteiger partial charge in [0, 0.05) is 13.1 Å². The van der Waals surface area contributed by atoms with Gasteiger partial charge in [0.2, 0.25) is 0 Å². The molecule has 1 saturated heterocycles. The molecule has 0 spiro atoms. The summed E-state index contributed by atoms with van der Waals surface area (Å²) in [6, 6.07) is 0. The third-order valence-corrected chi connectivity index (χ3v) is 4.76. The fourth-order valence-corrected chi connectivity index (χ4v) is 3.61. The van der Waals surface area contributed by atoms with Gasteiger partial charge in [-0.05, 0) is 71.4 Å². The number of nitrogens with zero attached hydrogens (tertiary/aromatic N) is 1. The smallest absolute Gasteiger partial charge is 0.410 e. The summed E-state index contributed by atoms with van der Waals surface area (Å²) < 4.78 is 5.49. The molecular formula is C18H34N2O2. The van der Waals surface area contributed by atoms with Crippen molar-refractivity contribution in [2.45, 2.75) is 71.3 Å². The van der Waals surface area contributed by atoms with Gasteiger partial charge in [-0.15, -0.1) is 0 Å². The molecule has 0 aromatic carbocycles. The molecule has 1 saturated carbocycles. The van der Waals surface area contributed by atoms with E-state index in [4.69, 9.17) is 4.74 Å². The van der Waals surface area contributed by atoms with Crippen LogP contribution in [0.3, 0.4) is 0 Å². The van der Waals surface area contributed by atoms with Gasteiger partial charge in [-0.3, -0.25) is 0 Å². The van der Waals surface area contributed by atoms with Crippen molar-refractivity contribution in [2.75, 3.05) is 26.2 Å². The van der Waals surface area contributed by atoms with Gasteiger partial charge in [-0.25, -0.2) is 4.79 Å². The lowest BCUT2D eigenvalue weighted by atomic mass is 9.89. The van der Waals surface area contributed by atoms with E-state index in [9.17, 15) is 4.79 Å². The Kier molecular flexibility index (Phi) is 6.54. The molecule has 1 N–H and O–H groups in total. The predicted octanol–water partition coefficient (Wildman–Crippen LogP) is 3.80. The van der Waals surface area contributed by atoms with Gasteiger partial charge in [-0.2, -0.15) is 0 Å². The number of ether oxygens (including phenoxy) is 1. The molecule has 4 nitrogen and oxygen atoms in total. The van der Waals surface area contributed by atoms with Crippen LogP contribution in [-0.4, -0.2) is 42.8 Å². The molecule has 2 fully saturated rings. The Hall–Kier alpha value is -0.770. The van der Waals surface area contributed by atoms with Crippen LogP contribution >= 0.6 is 0 Å². The second-order valence-corrected chi connectivity index (χ2v) is 8.10. The lowest BCUT2D eigenvalue weighted by Crippen LogP contribution is -2.45. The van der Waals surface area contributed by atoms with Gasteiger partial charge in [0.05, 0.1) is 0 Å². The van der Waals surface area contributed by atoms with E-state index in [0.29, 0.717) is 5.92 Å². The van der Waals surface area contributed by atoms with E-state index >= 15 is 0 Å². The summed E-state index contributed by atoms with van der Waals surface area (Å²) in [5, 5.41) is 3.65. The van der Waals surface area contributed by atoms with Crippen LogP contribution < -0.4 is 5.32 Å². The standard InChI is InChI=1S/C18H34N2O2/c1-18(2,3)22-17(21)20-11-7-10-16(14-20)13-19-12-15-8-5-4-6-9-15/h15-16,19H,4-14H2,1-3H3. The van der Waals surface area contributed by atoms with Gasteiger partial charge < -0.3 is 15.0 Å². The first kappa shape index (κ1) is 17.6. The number of hydrogen-bond donors (Lipinski definition) is 1. The Morgan fingerprint density at radius 2 is 1.68 bits per heavy atom. The molecule has 1 unspecified atom stereocenters. The normalized spacial score (nSPS) is 24.3. The monoisotopic (exact) mass is 310 g/mol. The first-order valence-electron chi connectivity index (χ1n) is 9.13. The van der Waals surface area contributed by atoms with Crippen molar-refractivity contribution in [3.8, 4) is 0 Å². The molecule has 0 bridgehead atoms. The largest absolute Gasteiger partial charge is 0.444 e. The molecule has 2 aliphatic rings. The average molecular weight is 310 g/mol. The molecule has 1 heterocycles. The molecule has 0 aromatic rings.